The summed E-state index contributed by atoms with van der Waals surface area (Å²) in [7, 11) is 0. The minimum atomic E-state index is -0.373. The third kappa shape index (κ3) is 5.57. The predicted octanol–water partition coefficient (Wildman–Crippen LogP) is 4.32. The average molecular weight is 338 g/mol. The Labute approximate surface area is 133 Å². The van der Waals surface area contributed by atoms with Crippen molar-refractivity contribution in [2.45, 2.75) is 26.7 Å². The number of carbonyl (C=O) groups is 1. The van der Waals surface area contributed by atoms with Gasteiger partial charge >= 0.3 is 0 Å². The molecule has 0 unspecified atom stereocenters. The van der Waals surface area contributed by atoms with Gasteiger partial charge in [-0.2, -0.15) is 5.10 Å². The Morgan fingerprint density at radius 3 is 2.55 bits per heavy atom. The Morgan fingerprint density at radius 1 is 1.25 bits per heavy atom. The highest BCUT2D eigenvalue weighted by Crippen LogP contribution is 2.33. The molecule has 1 amide bonds. The van der Waals surface area contributed by atoms with E-state index < -0.39 is 0 Å². The van der Waals surface area contributed by atoms with Crippen LogP contribution in [0.3, 0.4) is 0 Å². The average Bonchev–Trinajstić information content (AvgIpc) is 2.39. The second-order valence-corrected chi connectivity index (χ2v) is 5.34. The van der Waals surface area contributed by atoms with Crippen LogP contribution < -0.4 is 10.2 Å². The summed E-state index contributed by atoms with van der Waals surface area (Å²) in [5.41, 5.74) is 3.26. The molecule has 0 aliphatic carbocycles. The molecule has 0 saturated carbocycles. The van der Waals surface area contributed by atoms with Crippen molar-refractivity contribution >= 4 is 46.4 Å². The van der Waals surface area contributed by atoms with Gasteiger partial charge < -0.3 is 4.74 Å². The monoisotopic (exact) mass is 336 g/mol. The number of halogens is 3. The van der Waals surface area contributed by atoms with Crippen molar-refractivity contribution in [3.63, 3.8) is 0 Å². The van der Waals surface area contributed by atoms with Crippen LogP contribution in [-0.2, 0) is 4.79 Å². The van der Waals surface area contributed by atoms with Crippen molar-refractivity contribution in [3.8, 4) is 5.75 Å². The molecule has 1 aromatic rings. The highest BCUT2D eigenvalue weighted by atomic mass is 35.5. The second-order valence-electron chi connectivity index (χ2n) is 4.12. The summed E-state index contributed by atoms with van der Waals surface area (Å²) >= 11 is 17.6. The van der Waals surface area contributed by atoms with Crippen molar-refractivity contribution in [2.24, 2.45) is 5.10 Å². The Kier molecular flexibility index (Phi) is 7.13. The van der Waals surface area contributed by atoms with Gasteiger partial charge in [0.25, 0.3) is 5.91 Å². The number of nitrogens with one attached hydrogen (secondary N) is 1. The summed E-state index contributed by atoms with van der Waals surface area (Å²) in [6.45, 7) is 3.68. The van der Waals surface area contributed by atoms with Crippen LogP contribution >= 0.6 is 34.8 Å². The van der Waals surface area contributed by atoms with Crippen LogP contribution in [0.25, 0.3) is 0 Å². The van der Waals surface area contributed by atoms with Crippen LogP contribution in [0.5, 0.6) is 5.75 Å². The van der Waals surface area contributed by atoms with E-state index in [-0.39, 0.29) is 17.5 Å². The van der Waals surface area contributed by atoms with Gasteiger partial charge in [0.15, 0.2) is 6.61 Å². The third-order valence-corrected chi connectivity index (χ3v) is 3.33. The predicted molar refractivity (Wildman–Crippen MR) is 83.1 cm³/mol. The molecule has 0 aliphatic heterocycles. The molecule has 0 aromatic heterocycles. The molecular weight excluding hydrogens is 323 g/mol. The molecule has 0 radical (unpaired) electrons. The summed E-state index contributed by atoms with van der Waals surface area (Å²) in [6, 6.07) is 2.92. The Morgan fingerprint density at radius 2 is 1.90 bits per heavy atom. The minimum Gasteiger partial charge on any atom is -0.482 e. The van der Waals surface area contributed by atoms with Crippen molar-refractivity contribution < 1.29 is 9.53 Å². The zero-order chi connectivity index (χ0) is 15.1. The van der Waals surface area contributed by atoms with Gasteiger partial charge in [-0.1, -0.05) is 48.1 Å². The van der Waals surface area contributed by atoms with Gasteiger partial charge in [0.05, 0.1) is 15.1 Å². The van der Waals surface area contributed by atoms with Crippen LogP contribution in [0, 0.1) is 0 Å². The molecule has 0 spiro atoms. The first-order valence-corrected chi connectivity index (χ1v) is 7.16. The number of nitrogens with zero attached hydrogens (tertiary/aromatic N) is 1. The number of carbonyl (C=O) groups excluding carboxylic acids is 1. The smallest absolute Gasteiger partial charge is 0.277 e. The number of benzene rings is 1. The molecule has 110 valence electrons. The van der Waals surface area contributed by atoms with E-state index in [2.05, 4.69) is 10.5 Å². The number of amides is 1. The van der Waals surface area contributed by atoms with Gasteiger partial charge in [-0.3, -0.25) is 4.79 Å². The highest BCUT2D eigenvalue weighted by Gasteiger charge is 2.09. The first kappa shape index (κ1) is 17.1. The maximum Gasteiger partial charge on any atom is 0.277 e. The Bertz CT molecular complexity index is 519. The standard InChI is InChI=1S/C13H15Cl3N2O2/c1-3-4-8(2)17-18-13(19)7-20-12-6-10(15)9(14)5-11(12)16/h5-6H,3-4,7H2,1-2H3,(H,18,19)/b17-8+. The summed E-state index contributed by atoms with van der Waals surface area (Å²) < 4.78 is 5.27. The van der Waals surface area contributed by atoms with Crippen molar-refractivity contribution in [2.75, 3.05) is 6.61 Å². The van der Waals surface area contributed by atoms with E-state index in [0.717, 1.165) is 18.6 Å². The third-order valence-electron chi connectivity index (χ3n) is 2.32. The number of ether oxygens (including phenoxy) is 1. The van der Waals surface area contributed by atoms with E-state index in [1.54, 1.807) is 0 Å². The molecule has 0 aliphatic rings. The largest absolute Gasteiger partial charge is 0.482 e. The molecule has 4 nitrogen and oxygen atoms in total. The van der Waals surface area contributed by atoms with Crippen molar-refractivity contribution in [1.29, 1.82) is 0 Å². The lowest BCUT2D eigenvalue weighted by molar-refractivity contribution is -0.123. The maximum absolute atomic E-state index is 11.5. The fourth-order valence-corrected chi connectivity index (χ4v) is 1.96. The van der Waals surface area contributed by atoms with E-state index in [4.69, 9.17) is 39.5 Å². The molecular formula is C13H15Cl3N2O2. The number of rotatable bonds is 6. The van der Waals surface area contributed by atoms with Crippen LogP contribution in [0.15, 0.2) is 17.2 Å². The van der Waals surface area contributed by atoms with E-state index in [1.807, 2.05) is 13.8 Å². The number of hydrogen-bond acceptors (Lipinski definition) is 3. The van der Waals surface area contributed by atoms with Crippen LogP contribution in [-0.4, -0.2) is 18.2 Å². The van der Waals surface area contributed by atoms with Gasteiger partial charge in [0.1, 0.15) is 5.75 Å². The first-order chi connectivity index (χ1) is 9.43. The fraction of sp³-hybridized carbons (Fsp3) is 0.385. The zero-order valence-corrected chi connectivity index (χ0v) is 13.4. The molecule has 0 atom stereocenters. The first-order valence-electron chi connectivity index (χ1n) is 6.03. The number of hydrazone groups is 1. The SMILES string of the molecule is CCC/C(C)=N/NC(=O)COc1cc(Cl)c(Cl)cc1Cl. The van der Waals surface area contributed by atoms with Crippen LogP contribution in [0.4, 0.5) is 0 Å². The lowest BCUT2D eigenvalue weighted by Gasteiger charge is -2.08. The van der Waals surface area contributed by atoms with E-state index in [0.29, 0.717) is 15.8 Å². The molecule has 0 heterocycles. The van der Waals surface area contributed by atoms with Crippen molar-refractivity contribution in [1.82, 2.24) is 5.43 Å². The minimum absolute atomic E-state index is 0.208. The maximum atomic E-state index is 11.5. The summed E-state index contributed by atoms with van der Waals surface area (Å²) in [4.78, 5) is 11.5. The lowest BCUT2D eigenvalue weighted by Crippen LogP contribution is -2.25. The Balaban J connectivity index is 2.53. The summed E-state index contributed by atoms with van der Waals surface area (Å²) in [6.07, 6.45) is 1.81. The zero-order valence-electron chi connectivity index (χ0n) is 11.2. The molecule has 1 N–H and O–H groups in total. The molecule has 0 bridgehead atoms. The molecule has 0 saturated heterocycles. The van der Waals surface area contributed by atoms with Gasteiger partial charge in [0, 0.05) is 11.8 Å². The molecule has 1 rings (SSSR count). The topological polar surface area (TPSA) is 50.7 Å². The van der Waals surface area contributed by atoms with Gasteiger partial charge in [-0.05, 0) is 19.4 Å². The quantitative estimate of drug-likeness (QED) is 0.477. The van der Waals surface area contributed by atoms with E-state index in [9.17, 15) is 4.79 Å². The molecule has 20 heavy (non-hydrogen) atoms. The molecule has 1 aromatic carbocycles. The van der Waals surface area contributed by atoms with Crippen molar-refractivity contribution in [3.05, 3.63) is 27.2 Å². The van der Waals surface area contributed by atoms with Gasteiger partial charge in [-0.25, -0.2) is 5.43 Å². The summed E-state index contributed by atoms with van der Waals surface area (Å²) in [5.74, 6) is -0.0759. The number of hydrogen-bond donors (Lipinski definition) is 1. The van der Waals surface area contributed by atoms with Crippen LogP contribution in [0.1, 0.15) is 26.7 Å². The van der Waals surface area contributed by atoms with E-state index in [1.165, 1.54) is 12.1 Å². The van der Waals surface area contributed by atoms with E-state index >= 15 is 0 Å². The van der Waals surface area contributed by atoms with Crippen LogP contribution in [0.2, 0.25) is 15.1 Å². The summed E-state index contributed by atoms with van der Waals surface area (Å²) in [5, 5.41) is 4.86. The molecule has 0 fully saturated rings. The second kappa shape index (κ2) is 8.35. The fourth-order valence-electron chi connectivity index (χ4n) is 1.37. The normalized spacial score (nSPS) is 11.3. The van der Waals surface area contributed by atoms with Gasteiger partial charge in [-0.15, -0.1) is 0 Å². The van der Waals surface area contributed by atoms with Gasteiger partial charge in [0.2, 0.25) is 0 Å². The lowest BCUT2D eigenvalue weighted by atomic mass is 10.2. The molecule has 7 heteroatoms. The Hall–Kier alpha value is -0.970. The highest BCUT2D eigenvalue weighted by molar-refractivity contribution is 6.43.